The van der Waals surface area contributed by atoms with E-state index in [1.165, 1.54) is 0 Å². The third-order valence-electron chi connectivity index (χ3n) is 2.96. The molecule has 0 aliphatic heterocycles. The van der Waals surface area contributed by atoms with Crippen LogP contribution < -0.4 is 5.32 Å². The van der Waals surface area contributed by atoms with Gasteiger partial charge in [-0.15, -0.1) is 0 Å². The third kappa shape index (κ3) is 2.40. The van der Waals surface area contributed by atoms with E-state index in [1.54, 1.807) is 13.0 Å². The molecule has 3 rings (SSSR count). The molecule has 0 bridgehead atoms. The monoisotopic (exact) mass is 270 g/mol. The van der Waals surface area contributed by atoms with E-state index in [2.05, 4.69) is 15.5 Å². The van der Waals surface area contributed by atoms with E-state index in [1.807, 2.05) is 35.9 Å². The lowest BCUT2D eigenvalue weighted by molar-refractivity contribution is -0.115. The van der Waals surface area contributed by atoms with Gasteiger partial charge in [-0.25, -0.2) is 4.98 Å². The number of hydrogen-bond acceptors (Lipinski definition) is 4. The van der Waals surface area contributed by atoms with Crippen LogP contribution in [-0.4, -0.2) is 20.4 Å². The van der Waals surface area contributed by atoms with E-state index >= 15 is 0 Å². The van der Waals surface area contributed by atoms with Gasteiger partial charge >= 0.3 is 0 Å². The van der Waals surface area contributed by atoms with Crippen LogP contribution in [0.1, 0.15) is 17.0 Å². The molecule has 3 heterocycles. The highest BCUT2D eigenvalue weighted by atomic mass is 16.5. The Hall–Kier alpha value is -2.63. The van der Waals surface area contributed by atoms with Crippen molar-refractivity contribution >= 4 is 17.4 Å². The van der Waals surface area contributed by atoms with Crippen molar-refractivity contribution in [3.8, 4) is 0 Å². The number of aryl methyl sites for hydroxylation is 2. The van der Waals surface area contributed by atoms with Gasteiger partial charge in [-0.1, -0.05) is 11.2 Å². The molecule has 0 radical (unpaired) electrons. The second-order valence-electron chi connectivity index (χ2n) is 4.70. The molecule has 0 unspecified atom stereocenters. The summed E-state index contributed by atoms with van der Waals surface area (Å²) in [5.74, 6) is 0.912. The minimum atomic E-state index is -0.167. The van der Waals surface area contributed by atoms with Gasteiger partial charge in [-0.3, -0.25) is 4.79 Å². The Morgan fingerprint density at radius 1 is 1.45 bits per heavy atom. The van der Waals surface area contributed by atoms with Crippen molar-refractivity contribution in [2.75, 3.05) is 5.32 Å². The molecule has 0 saturated carbocycles. The first-order valence-electron chi connectivity index (χ1n) is 6.28. The van der Waals surface area contributed by atoms with Crippen LogP contribution in [0.15, 0.2) is 35.1 Å². The van der Waals surface area contributed by atoms with Gasteiger partial charge in [0.2, 0.25) is 5.91 Å². The number of nitrogens with zero attached hydrogens (tertiary/aromatic N) is 3. The van der Waals surface area contributed by atoms with E-state index in [9.17, 15) is 4.79 Å². The molecule has 1 amide bonds. The van der Waals surface area contributed by atoms with Crippen molar-refractivity contribution in [1.82, 2.24) is 14.5 Å². The Morgan fingerprint density at radius 3 is 3.00 bits per heavy atom. The Balaban J connectivity index is 1.75. The summed E-state index contributed by atoms with van der Waals surface area (Å²) in [6.07, 6.45) is 3.97. The van der Waals surface area contributed by atoms with Crippen LogP contribution in [0.25, 0.3) is 5.65 Å². The van der Waals surface area contributed by atoms with Crippen molar-refractivity contribution < 1.29 is 9.32 Å². The van der Waals surface area contributed by atoms with Crippen molar-refractivity contribution in [1.29, 1.82) is 0 Å². The van der Waals surface area contributed by atoms with Gasteiger partial charge in [0.05, 0.1) is 12.1 Å². The number of imidazole rings is 1. The number of nitrogens with one attached hydrogen (secondary N) is 1. The summed E-state index contributed by atoms with van der Waals surface area (Å²) in [7, 11) is 0. The zero-order chi connectivity index (χ0) is 14.1. The number of carbonyl (C=O) groups excluding carboxylic acids is 1. The fourth-order valence-corrected chi connectivity index (χ4v) is 2.07. The normalized spacial score (nSPS) is 10.9. The Morgan fingerprint density at radius 2 is 2.30 bits per heavy atom. The predicted octanol–water partition coefficient (Wildman–Crippen LogP) is 2.12. The van der Waals surface area contributed by atoms with Gasteiger partial charge in [0.15, 0.2) is 5.82 Å². The van der Waals surface area contributed by atoms with Crippen LogP contribution in [0.4, 0.5) is 5.82 Å². The Labute approximate surface area is 115 Å². The average Bonchev–Trinajstić information content (AvgIpc) is 2.96. The Kier molecular flexibility index (Phi) is 2.98. The smallest absolute Gasteiger partial charge is 0.231 e. The fraction of sp³-hybridized carbons (Fsp3) is 0.214. The number of amides is 1. The first-order chi connectivity index (χ1) is 9.61. The summed E-state index contributed by atoms with van der Waals surface area (Å²) in [4.78, 5) is 16.4. The van der Waals surface area contributed by atoms with E-state index in [-0.39, 0.29) is 12.3 Å². The minimum Gasteiger partial charge on any atom is -0.360 e. The van der Waals surface area contributed by atoms with E-state index in [0.717, 1.165) is 16.9 Å². The van der Waals surface area contributed by atoms with Crippen LogP contribution in [-0.2, 0) is 11.2 Å². The second kappa shape index (κ2) is 4.80. The average molecular weight is 270 g/mol. The number of pyridine rings is 1. The third-order valence-corrected chi connectivity index (χ3v) is 2.96. The summed E-state index contributed by atoms with van der Waals surface area (Å²) in [5, 5.41) is 6.40. The molecule has 0 aliphatic carbocycles. The maximum absolute atomic E-state index is 11.9. The van der Waals surface area contributed by atoms with Gasteiger partial charge in [0, 0.05) is 18.5 Å². The summed E-state index contributed by atoms with van der Waals surface area (Å²) in [6.45, 7) is 3.76. The highest BCUT2D eigenvalue weighted by molar-refractivity contribution is 5.91. The van der Waals surface area contributed by atoms with Gasteiger partial charge in [-0.2, -0.15) is 0 Å². The van der Waals surface area contributed by atoms with Crippen LogP contribution in [0.5, 0.6) is 0 Å². The van der Waals surface area contributed by atoms with Crippen LogP contribution >= 0.6 is 0 Å². The fourth-order valence-electron chi connectivity index (χ4n) is 2.07. The number of fused-ring (bicyclic) bond motifs is 1. The molecule has 0 spiro atoms. The van der Waals surface area contributed by atoms with Crippen LogP contribution in [0.2, 0.25) is 0 Å². The van der Waals surface area contributed by atoms with Gasteiger partial charge < -0.3 is 14.2 Å². The number of carbonyl (C=O) groups is 1. The number of rotatable bonds is 3. The number of anilines is 1. The summed E-state index contributed by atoms with van der Waals surface area (Å²) in [6, 6.07) is 5.61. The lowest BCUT2D eigenvalue weighted by Gasteiger charge is -1.97. The highest BCUT2D eigenvalue weighted by Gasteiger charge is 2.10. The van der Waals surface area contributed by atoms with Crippen LogP contribution in [0, 0.1) is 13.8 Å². The van der Waals surface area contributed by atoms with Gasteiger partial charge in [-0.05, 0) is 25.5 Å². The molecule has 6 heteroatoms. The molecular formula is C14H14N4O2. The van der Waals surface area contributed by atoms with Crippen molar-refractivity contribution in [2.45, 2.75) is 20.3 Å². The quantitative estimate of drug-likeness (QED) is 0.791. The first kappa shape index (κ1) is 12.4. The SMILES string of the molecule is Cc1cc(NC(=O)Cc2cn3cccc(C)c3n2)no1. The molecule has 0 atom stereocenters. The molecule has 20 heavy (non-hydrogen) atoms. The molecule has 0 aromatic carbocycles. The molecule has 0 aliphatic rings. The maximum atomic E-state index is 11.9. The number of aromatic nitrogens is 3. The van der Waals surface area contributed by atoms with Crippen molar-refractivity contribution in [2.24, 2.45) is 0 Å². The molecular weight excluding hydrogens is 256 g/mol. The van der Waals surface area contributed by atoms with Crippen molar-refractivity contribution in [3.63, 3.8) is 0 Å². The van der Waals surface area contributed by atoms with E-state index in [0.29, 0.717) is 11.6 Å². The summed E-state index contributed by atoms with van der Waals surface area (Å²) >= 11 is 0. The molecule has 0 fully saturated rings. The molecule has 1 N–H and O–H groups in total. The minimum absolute atomic E-state index is 0.167. The molecule has 3 aromatic rings. The molecule has 102 valence electrons. The highest BCUT2D eigenvalue weighted by Crippen LogP contribution is 2.11. The summed E-state index contributed by atoms with van der Waals surface area (Å²) in [5.41, 5.74) is 2.66. The van der Waals surface area contributed by atoms with Gasteiger partial charge in [0.1, 0.15) is 11.4 Å². The van der Waals surface area contributed by atoms with Gasteiger partial charge in [0.25, 0.3) is 0 Å². The first-order valence-corrected chi connectivity index (χ1v) is 6.28. The second-order valence-corrected chi connectivity index (χ2v) is 4.70. The van der Waals surface area contributed by atoms with E-state index in [4.69, 9.17) is 4.52 Å². The summed E-state index contributed by atoms with van der Waals surface area (Å²) < 4.78 is 6.81. The van der Waals surface area contributed by atoms with E-state index < -0.39 is 0 Å². The lowest BCUT2D eigenvalue weighted by Crippen LogP contribution is -2.14. The zero-order valence-electron chi connectivity index (χ0n) is 11.3. The lowest BCUT2D eigenvalue weighted by atomic mass is 10.3. The maximum Gasteiger partial charge on any atom is 0.231 e. The molecule has 0 saturated heterocycles. The largest absolute Gasteiger partial charge is 0.360 e. The van der Waals surface area contributed by atoms with Crippen LogP contribution in [0.3, 0.4) is 0 Å². The molecule has 6 nitrogen and oxygen atoms in total. The Bertz CT molecular complexity index is 772. The topological polar surface area (TPSA) is 72.4 Å². The zero-order valence-corrected chi connectivity index (χ0v) is 11.3. The predicted molar refractivity (Wildman–Crippen MR) is 73.5 cm³/mol. The molecule has 3 aromatic heterocycles. The van der Waals surface area contributed by atoms with Crippen molar-refractivity contribution in [3.05, 3.63) is 47.6 Å². The standard InChI is InChI=1S/C14H14N4O2/c1-9-4-3-5-18-8-11(15-14(9)18)7-13(19)16-12-6-10(2)20-17-12/h3-6,8H,7H2,1-2H3,(H,16,17,19). The number of hydrogen-bond donors (Lipinski definition) is 1.